The van der Waals surface area contributed by atoms with Gasteiger partial charge in [-0.05, 0) is 47.4 Å². The number of methoxy groups -OCH3 is 1. The summed E-state index contributed by atoms with van der Waals surface area (Å²) in [4.78, 5) is 16.6. The van der Waals surface area contributed by atoms with Crippen LogP contribution in [0.5, 0.6) is 5.75 Å². The fraction of sp³-hybridized carbons (Fsp3) is 0.444. The van der Waals surface area contributed by atoms with Gasteiger partial charge in [0.2, 0.25) is 10.0 Å². The predicted molar refractivity (Wildman–Crippen MR) is 213 cm³/mol. The maximum atomic E-state index is 14.3. The Balaban J connectivity index is 1.36. The molecule has 1 unspecified atom stereocenters. The molecule has 1 aliphatic heterocycles. The number of ether oxygens (including phenoxy) is 2. The monoisotopic (exact) mass is 738 g/mol. The number of nitrogens with zero attached hydrogens (tertiary/aromatic N) is 2. The summed E-state index contributed by atoms with van der Waals surface area (Å²) in [5.41, 5.74) is 2.31. The fourth-order valence-corrected chi connectivity index (χ4v) is 9.29. The standard InChI is InChI=1S/C45H58N2O5S/c1-3-4-5-6-7-8-9-10-11-12-13-23-36-52-44(48)43-37-46(34-35-47(43)53(49,50)42-32-30-41(51-2)31-33-42)45(38-24-17-14-18-25-38,39-26-19-15-20-27-39)40-28-21-16-22-29-40/h14-22,24-33,43H,3-13,23,34-37H2,1-2H3. The Hall–Kier alpha value is -3.98. The van der Waals surface area contributed by atoms with Crippen LogP contribution in [0.2, 0.25) is 0 Å². The summed E-state index contributed by atoms with van der Waals surface area (Å²) in [7, 11) is -2.51. The van der Waals surface area contributed by atoms with Crippen molar-refractivity contribution in [3.05, 3.63) is 132 Å². The summed E-state index contributed by atoms with van der Waals surface area (Å²) in [6, 6.07) is 36.1. The Morgan fingerprint density at radius 3 is 1.55 bits per heavy atom. The van der Waals surface area contributed by atoms with E-state index in [1.165, 1.54) is 74.2 Å². The van der Waals surface area contributed by atoms with Crippen LogP contribution in [0.25, 0.3) is 0 Å². The lowest BCUT2D eigenvalue weighted by molar-refractivity contribution is -0.151. The molecule has 1 aliphatic rings. The number of carbonyl (C=O) groups excluding carboxylic acids is 1. The van der Waals surface area contributed by atoms with Crippen molar-refractivity contribution in [3.8, 4) is 5.75 Å². The predicted octanol–water partition coefficient (Wildman–Crippen LogP) is 9.61. The van der Waals surface area contributed by atoms with E-state index >= 15 is 0 Å². The molecule has 0 aromatic heterocycles. The molecule has 7 nitrogen and oxygen atoms in total. The molecule has 0 amide bonds. The van der Waals surface area contributed by atoms with Crippen molar-refractivity contribution in [2.24, 2.45) is 0 Å². The molecular formula is C45H58N2O5S. The first-order valence-electron chi connectivity index (χ1n) is 19.7. The number of benzene rings is 4. The van der Waals surface area contributed by atoms with Gasteiger partial charge in [0.25, 0.3) is 0 Å². The molecule has 5 rings (SSSR count). The zero-order valence-electron chi connectivity index (χ0n) is 31.7. The maximum Gasteiger partial charge on any atom is 0.325 e. The van der Waals surface area contributed by atoms with Gasteiger partial charge in [-0.3, -0.25) is 9.69 Å². The summed E-state index contributed by atoms with van der Waals surface area (Å²) in [6.07, 6.45) is 14.5. The Bertz CT molecular complexity index is 1650. The third-order valence-electron chi connectivity index (χ3n) is 10.6. The molecular weight excluding hydrogens is 681 g/mol. The molecule has 4 aromatic carbocycles. The molecule has 0 saturated carbocycles. The third kappa shape index (κ3) is 10.2. The van der Waals surface area contributed by atoms with E-state index in [1.807, 2.05) is 54.6 Å². The van der Waals surface area contributed by atoms with Gasteiger partial charge in [-0.25, -0.2) is 8.42 Å². The molecule has 284 valence electrons. The van der Waals surface area contributed by atoms with Gasteiger partial charge in [0.15, 0.2) is 0 Å². The first-order chi connectivity index (χ1) is 25.9. The fourth-order valence-electron chi connectivity index (χ4n) is 7.73. The van der Waals surface area contributed by atoms with E-state index < -0.39 is 27.6 Å². The minimum absolute atomic E-state index is 0.112. The molecule has 4 aromatic rings. The molecule has 1 fully saturated rings. The number of hydrogen-bond donors (Lipinski definition) is 0. The zero-order valence-corrected chi connectivity index (χ0v) is 32.5. The van der Waals surface area contributed by atoms with E-state index in [9.17, 15) is 13.2 Å². The number of piperazine rings is 1. The Labute approximate surface area is 318 Å². The topological polar surface area (TPSA) is 76.2 Å². The first-order valence-corrected chi connectivity index (χ1v) is 21.1. The SMILES string of the molecule is CCCCCCCCCCCCCCOC(=O)C1CN(C(c2ccccc2)(c2ccccc2)c2ccccc2)CCN1S(=O)(=O)c1ccc(OC)cc1. The van der Waals surface area contributed by atoms with Gasteiger partial charge < -0.3 is 9.47 Å². The lowest BCUT2D eigenvalue weighted by Gasteiger charge is -2.50. The molecule has 8 heteroatoms. The van der Waals surface area contributed by atoms with Crippen LogP contribution < -0.4 is 4.74 Å². The van der Waals surface area contributed by atoms with Gasteiger partial charge in [-0.2, -0.15) is 4.31 Å². The smallest absolute Gasteiger partial charge is 0.325 e. The largest absolute Gasteiger partial charge is 0.497 e. The summed E-state index contributed by atoms with van der Waals surface area (Å²) >= 11 is 0. The lowest BCUT2D eigenvalue weighted by Crippen LogP contribution is -2.63. The molecule has 0 bridgehead atoms. The highest BCUT2D eigenvalue weighted by Crippen LogP contribution is 2.44. The van der Waals surface area contributed by atoms with Crippen molar-refractivity contribution in [1.29, 1.82) is 0 Å². The van der Waals surface area contributed by atoms with Gasteiger partial charge in [0.1, 0.15) is 11.8 Å². The number of carbonyl (C=O) groups is 1. The Morgan fingerprint density at radius 2 is 1.09 bits per heavy atom. The van der Waals surface area contributed by atoms with Crippen molar-refractivity contribution in [1.82, 2.24) is 9.21 Å². The van der Waals surface area contributed by atoms with E-state index in [0.29, 0.717) is 12.3 Å². The first kappa shape index (κ1) is 40.2. The van der Waals surface area contributed by atoms with E-state index in [-0.39, 0.29) is 24.6 Å². The minimum Gasteiger partial charge on any atom is -0.497 e. The second-order valence-corrected chi connectivity index (χ2v) is 16.0. The molecule has 0 spiro atoms. The van der Waals surface area contributed by atoms with E-state index in [0.717, 1.165) is 36.0 Å². The highest BCUT2D eigenvalue weighted by atomic mass is 32.2. The number of hydrogen-bond acceptors (Lipinski definition) is 6. The van der Waals surface area contributed by atoms with E-state index in [2.05, 4.69) is 48.2 Å². The average Bonchev–Trinajstić information content (AvgIpc) is 3.21. The van der Waals surface area contributed by atoms with Crippen molar-refractivity contribution < 1.29 is 22.7 Å². The quantitative estimate of drug-likeness (QED) is 0.0482. The summed E-state index contributed by atoms with van der Waals surface area (Å²) < 4.78 is 41.2. The lowest BCUT2D eigenvalue weighted by atomic mass is 9.75. The van der Waals surface area contributed by atoms with E-state index in [1.54, 1.807) is 19.2 Å². The minimum atomic E-state index is -4.05. The van der Waals surface area contributed by atoms with Crippen molar-refractivity contribution in [2.45, 2.75) is 100 Å². The molecule has 1 heterocycles. The van der Waals surface area contributed by atoms with Crippen LogP contribution in [0.15, 0.2) is 120 Å². The van der Waals surface area contributed by atoms with Crippen LogP contribution in [0.3, 0.4) is 0 Å². The number of esters is 1. The second-order valence-electron chi connectivity index (χ2n) is 14.1. The van der Waals surface area contributed by atoms with Gasteiger partial charge in [-0.1, -0.05) is 169 Å². The van der Waals surface area contributed by atoms with Crippen molar-refractivity contribution in [2.75, 3.05) is 33.4 Å². The van der Waals surface area contributed by atoms with Crippen LogP contribution in [0, 0.1) is 0 Å². The molecule has 0 aliphatic carbocycles. The van der Waals surface area contributed by atoms with Crippen LogP contribution >= 0.6 is 0 Å². The zero-order chi connectivity index (χ0) is 37.4. The Kier molecular flexibility index (Phi) is 15.5. The van der Waals surface area contributed by atoms with Gasteiger partial charge in [0.05, 0.1) is 24.2 Å². The number of sulfonamides is 1. The van der Waals surface area contributed by atoms with Crippen LogP contribution in [-0.2, 0) is 25.1 Å². The molecule has 1 saturated heterocycles. The highest BCUT2D eigenvalue weighted by molar-refractivity contribution is 7.89. The summed E-state index contributed by atoms with van der Waals surface area (Å²) in [5.74, 6) is 0.0449. The van der Waals surface area contributed by atoms with Crippen molar-refractivity contribution in [3.63, 3.8) is 0 Å². The molecule has 53 heavy (non-hydrogen) atoms. The highest BCUT2D eigenvalue weighted by Gasteiger charge is 2.49. The van der Waals surface area contributed by atoms with Gasteiger partial charge >= 0.3 is 5.97 Å². The number of unbranched alkanes of at least 4 members (excludes halogenated alkanes) is 11. The Morgan fingerprint density at radius 1 is 0.642 bits per heavy atom. The van der Waals surface area contributed by atoms with Crippen molar-refractivity contribution >= 4 is 16.0 Å². The third-order valence-corrected chi connectivity index (χ3v) is 12.5. The number of rotatable bonds is 21. The molecule has 0 N–H and O–H groups in total. The van der Waals surface area contributed by atoms with E-state index in [4.69, 9.17) is 9.47 Å². The summed E-state index contributed by atoms with van der Waals surface area (Å²) in [6.45, 7) is 3.16. The average molecular weight is 739 g/mol. The molecule has 1 atom stereocenters. The van der Waals surface area contributed by atoms with Gasteiger partial charge in [-0.15, -0.1) is 0 Å². The maximum absolute atomic E-state index is 14.3. The van der Waals surface area contributed by atoms with Crippen LogP contribution in [-0.4, -0.2) is 63.0 Å². The van der Waals surface area contributed by atoms with Crippen LogP contribution in [0.4, 0.5) is 0 Å². The summed E-state index contributed by atoms with van der Waals surface area (Å²) in [5, 5.41) is 0. The second kappa shape index (κ2) is 20.5. The normalized spacial score (nSPS) is 15.6. The van der Waals surface area contributed by atoms with Crippen LogP contribution in [0.1, 0.15) is 101 Å². The molecule has 0 radical (unpaired) electrons. The van der Waals surface area contributed by atoms with Gasteiger partial charge in [0, 0.05) is 19.6 Å².